The molecule has 0 aliphatic carbocycles. The number of nitrogens with zero attached hydrogens (tertiary/aromatic N) is 1. The third-order valence-corrected chi connectivity index (χ3v) is 5.02. The van der Waals surface area contributed by atoms with Gasteiger partial charge >= 0.3 is 0 Å². The molecule has 1 aliphatic heterocycles. The molecule has 1 amide bonds. The number of para-hydroxylation sites is 1. The highest BCUT2D eigenvalue weighted by Crippen LogP contribution is 2.45. The highest BCUT2D eigenvalue weighted by molar-refractivity contribution is 6.30. The first kappa shape index (κ1) is 17.6. The van der Waals surface area contributed by atoms with E-state index in [0.717, 1.165) is 6.42 Å². The van der Waals surface area contributed by atoms with Gasteiger partial charge in [0, 0.05) is 22.7 Å². The molecule has 5 heteroatoms. The second-order valence-corrected chi connectivity index (χ2v) is 6.77. The van der Waals surface area contributed by atoms with Crippen LogP contribution in [0.3, 0.4) is 0 Å². The first-order valence-corrected chi connectivity index (χ1v) is 8.72. The van der Waals surface area contributed by atoms with Crippen LogP contribution in [0.15, 0.2) is 48.5 Å². The van der Waals surface area contributed by atoms with Gasteiger partial charge in [-0.2, -0.15) is 0 Å². The predicted molar refractivity (Wildman–Crippen MR) is 97.9 cm³/mol. The number of ketones is 1. The maximum Gasteiger partial charge on any atom is 0.264 e. The summed E-state index contributed by atoms with van der Waals surface area (Å²) in [6.07, 6.45) is 0.760. The van der Waals surface area contributed by atoms with Crippen molar-refractivity contribution in [3.63, 3.8) is 0 Å². The molecule has 2 atom stereocenters. The van der Waals surface area contributed by atoms with Gasteiger partial charge in [0.2, 0.25) is 0 Å². The van der Waals surface area contributed by atoms with Gasteiger partial charge in [-0.1, -0.05) is 43.6 Å². The molecular weight excluding hydrogens is 338 g/mol. The van der Waals surface area contributed by atoms with E-state index < -0.39 is 17.4 Å². The molecule has 4 nitrogen and oxygen atoms in total. The lowest BCUT2D eigenvalue weighted by Crippen LogP contribution is -2.47. The zero-order valence-electron chi connectivity index (χ0n) is 14.2. The van der Waals surface area contributed by atoms with Gasteiger partial charge < -0.3 is 10.0 Å². The Bertz CT molecular complexity index is 818. The Morgan fingerprint density at radius 3 is 2.48 bits per heavy atom. The standard InChI is InChI=1S/C20H20ClNO3/c1-3-12-22-17-7-5-4-6-16(17)20(25,19(22)24)13(2)18(23)14-8-10-15(21)11-9-14/h4-11,13,25H,3,12H2,1-2H3/t13-,20+/m1/s1. The van der Waals surface area contributed by atoms with Gasteiger partial charge in [-0.25, -0.2) is 0 Å². The van der Waals surface area contributed by atoms with Crippen LogP contribution in [0.5, 0.6) is 0 Å². The Kier molecular flexibility index (Phi) is 4.67. The third-order valence-electron chi connectivity index (χ3n) is 4.77. The molecule has 0 unspecified atom stereocenters. The Labute approximate surface area is 152 Å². The van der Waals surface area contributed by atoms with Crippen molar-refractivity contribution >= 4 is 29.0 Å². The number of hydrogen-bond acceptors (Lipinski definition) is 3. The Morgan fingerprint density at radius 1 is 1.20 bits per heavy atom. The molecule has 25 heavy (non-hydrogen) atoms. The monoisotopic (exact) mass is 357 g/mol. The van der Waals surface area contributed by atoms with Crippen molar-refractivity contribution < 1.29 is 14.7 Å². The van der Waals surface area contributed by atoms with E-state index in [1.807, 2.05) is 13.0 Å². The molecule has 0 bridgehead atoms. The maximum atomic E-state index is 13.0. The summed E-state index contributed by atoms with van der Waals surface area (Å²) in [6.45, 7) is 4.07. The fourth-order valence-corrected chi connectivity index (χ4v) is 3.51. The normalized spacial score (nSPS) is 20.5. The summed E-state index contributed by atoms with van der Waals surface area (Å²) < 4.78 is 0. The minimum Gasteiger partial charge on any atom is -0.375 e. The van der Waals surface area contributed by atoms with E-state index >= 15 is 0 Å². The third kappa shape index (κ3) is 2.75. The molecule has 130 valence electrons. The SMILES string of the molecule is CCCN1C(=O)[C@](O)([C@H](C)C(=O)c2ccc(Cl)cc2)c2ccccc21. The molecule has 0 saturated carbocycles. The number of anilines is 1. The van der Waals surface area contributed by atoms with Crippen molar-refractivity contribution in [3.05, 3.63) is 64.7 Å². The first-order chi connectivity index (χ1) is 11.9. The minimum absolute atomic E-state index is 0.291. The van der Waals surface area contributed by atoms with E-state index in [1.54, 1.807) is 54.3 Å². The number of Topliss-reactive ketones (excluding diaryl/α,β-unsaturated/α-hetero) is 1. The lowest BCUT2D eigenvalue weighted by Gasteiger charge is -2.28. The van der Waals surface area contributed by atoms with E-state index in [1.165, 1.54) is 0 Å². The minimum atomic E-state index is -1.86. The van der Waals surface area contributed by atoms with E-state index in [-0.39, 0.29) is 5.78 Å². The molecule has 0 fully saturated rings. The summed E-state index contributed by atoms with van der Waals surface area (Å²) in [4.78, 5) is 27.5. The van der Waals surface area contributed by atoms with E-state index in [0.29, 0.717) is 28.4 Å². The average Bonchev–Trinajstić information content (AvgIpc) is 2.84. The van der Waals surface area contributed by atoms with Crippen LogP contribution in [-0.2, 0) is 10.4 Å². The molecule has 1 N–H and O–H groups in total. The summed E-state index contributed by atoms with van der Waals surface area (Å²) in [5.74, 6) is -1.64. The van der Waals surface area contributed by atoms with Crippen molar-refractivity contribution in [2.45, 2.75) is 25.9 Å². The fraction of sp³-hybridized carbons (Fsp3) is 0.300. The lowest BCUT2D eigenvalue weighted by atomic mass is 9.79. The molecule has 1 heterocycles. The van der Waals surface area contributed by atoms with Gasteiger partial charge in [0.05, 0.1) is 11.6 Å². The van der Waals surface area contributed by atoms with Crippen LogP contribution in [0.1, 0.15) is 36.2 Å². The van der Waals surface area contributed by atoms with Gasteiger partial charge in [-0.3, -0.25) is 9.59 Å². The zero-order valence-corrected chi connectivity index (χ0v) is 15.0. The number of aliphatic hydroxyl groups is 1. The van der Waals surface area contributed by atoms with Crippen molar-refractivity contribution in [1.29, 1.82) is 0 Å². The lowest BCUT2D eigenvalue weighted by molar-refractivity contribution is -0.139. The van der Waals surface area contributed by atoms with Crippen LogP contribution in [0.4, 0.5) is 5.69 Å². The molecule has 0 radical (unpaired) electrons. The summed E-state index contributed by atoms with van der Waals surface area (Å²) >= 11 is 5.87. The first-order valence-electron chi connectivity index (χ1n) is 8.34. The number of rotatable bonds is 5. The molecule has 0 spiro atoms. The summed E-state index contributed by atoms with van der Waals surface area (Å²) in [7, 11) is 0. The molecule has 3 rings (SSSR count). The number of fused-ring (bicyclic) bond motifs is 1. The van der Waals surface area contributed by atoms with Crippen molar-refractivity contribution in [2.75, 3.05) is 11.4 Å². The van der Waals surface area contributed by atoms with Gasteiger partial charge in [0.15, 0.2) is 11.4 Å². The molecule has 2 aromatic carbocycles. The molecule has 0 saturated heterocycles. The van der Waals surface area contributed by atoms with E-state index in [9.17, 15) is 14.7 Å². The highest BCUT2D eigenvalue weighted by atomic mass is 35.5. The number of carbonyl (C=O) groups excluding carboxylic acids is 2. The Morgan fingerprint density at radius 2 is 1.84 bits per heavy atom. The predicted octanol–water partition coefficient (Wildman–Crippen LogP) is 3.80. The van der Waals surface area contributed by atoms with Crippen LogP contribution in [0.25, 0.3) is 0 Å². The van der Waals surface area contributed by atoms with Crippen LogP contribution < -0.4 is 4.90 Å². The van der Waals surface area contributed by atoms with Crippen LogP contribution >= 0.6 is 11.6 Å². The van der Waals surface area contributed by atoms with Gasteiger partial charge in [-0.05, 0) is 36.8 Å². The molecule has 2 aromatic rings. The number of carbonyl (C=O) groups is 2. The topological polar surface area (TPSA) is 57.6 Å². The van der Waals surface area contributed by atoms with Gasteiger partial charge in [0.1, 0.15) is 0 Å². The fourth-order valence-electron chi connectivity index (χ4n) is 3.38. The zero-order chi connectivity index (χ0) is 18.2. The number of halogens is 1. The Hall–Kier alpha value is -2.17. The average molecular weight is 358 g/mol. The van der Waals surface area contributed by atoms with Crippen molar-refractivity contribution in [3.8, 4) is 0 Å². The van der Waals surface area contributed by atoms with Crippen molar-refractivity contribution in [1.82, 2.24) is 0 Å². The quantitative estimate of drug-likeness (QED) is 0.828. The number of benzene rings is 2. The molecule has 1 aliphatic rings. The Balaban J connectivity index is 2.03. The largest absolute Gasteiger partial charge is 0.375 e. The smallest absolute Gasteiger partial charge is 0.264 e. The van der Waals surface area contributed by atoms with Crippen LogP contribution in [0.2, 0.25) is 5.02 Å². The van der Waals surface area contributed by atoms with Gasteiger partial charge in [0.25, 0.3) is 5.91 Å². The maximum absolute atomic E-state index is 13.0. The van der Waals surface area contributed by atoms with Crippen LogP contribution in [0, 0.1) is 5.92 Å². The van der Waals surface area contributed by atoms with Crippen molar-refractivity contribution in [2.24, 2.45) is 5.92 Å². The molecule has 0 aromatic heterocycles. The second kappa shape index (κ2) is 6.62. The highest BCUT2D eigenvalue weighted by Gasteiger charge is 2.54. The summed E-state index contributed by atoms with van der Waals surface area (Å²) in [5, 5.41) is 11.9. The van der Waals surface area contributed by atoms with Crippen LogP contribution in [-0.4, -0.2) is 23.3 Å². The van der Waals surface area contributed by atoms with Gasteiger partial charge in [-0.15, -0.1) is 0 Å². The van der Waals surface area contributed by atoms with E-state index in [4.69, 9.17) is 11.6 Å². The molecular formula is C20H20ClNO3. The van der Waals surface area contributed by atoms with E-state index in [2.05, 4.69) is 0 Å². The number of amides is 1. The second-order valence-electron chi connectivity index (χ2n) is 6.33. The summed E-state index contributed by atoms with van der Waals surface area (Å²) in [6, 6.07) is 13.6. The summed E-state index contributed by atoms with van der Waals surface area (Å²) in [5.41, 5.74) is -0.275. The number of hydrogen-bond donors (Lipinski definition) is 1.